The van der Waals surface area contributed by atoms with Crippen molar-refractivity contribution >= 4 is 15.6 Å². The molecule has 1 N–H and O–H groups in total. The molecule has 0 aromatic heterocycles. The van der Waals surface area contributed by atoms with Crippen LogP contribution in [0.1, 0.15) is 0 Å². The van der Waals surface area contributed by atoms with E-state index in [1.54, 1.807) is 0 Å². The van der Waals surface area contributed by atoms with Crippen LogP contribution < -0.4 is 103 Å². The summed E-state index contributed by atoms with van der Waals surface area (Å²) in [5.74, 6) is 0. The summed E-state index contributed by atoms with van der Waals surface area (Å²) in [5.41, 5.74) is 0. The van der Waals surface area contributed by atoms with E-state index < -0.39 is 15.6 Å². The van der Waals surface area contributed by atoms with E-state index in [4.69, 9.17) is 5.26 Å². The molecule has 0 radical (unpaired) electrons. The van der Waals surface area contributed by atoms with Gasteiger partial charge in [0.2, 0.25) is 0 Å². The van der Waals surface area contributed by atoms with Gasteiger partial charge in [0.1, 0.15) is 0 Å². The molecule has 13 heavy (non-hydrogen) atoms. The van der Waals surface area contributed by atoms with Gasteiger partial charge in [-0.3, -0.25) is 8.88 Å². The van der Waals surface area contributed by atoms with Crippen molar-refractivity contribution in [3.63, 3.8) is 0 Å². The minimum Gasteiger partial charge on any atom is -0.790 e. The zero-order valence-corrected chi connectivity index (χ0v) is 15.0. The Balaban J connectivity index is -0.000000135. The first-order valence-electron chi connectivity index (χ1n) is 1.64. The first-order chi connectivity index (χ1) is 4.27. The molecule has 0 heterocycles. The summed E-state index contributed by atoms with van der Waals surface area (Å²) in [6, 6.07) is 0. The third kappa shape index (κ3) is 17.8. The fourth-order valence-corrected chi connectivity index (χ4v) is 1.24. The second-order valence-electron chi connectivity index (χ2n) is 1.06. The Labute approximate surface area is 140 Å². The molecule has 1 atom stereocenters. The maximum absolute atomic E-state index is 9.78. The molecular weight excluding hydrogens is 259 g/mol. The van der Waals surface area contributed by atoms with Gasteiger partial charge in [-0.1, -0.05) is 0 Å². The van der Waals surface area contributed by atoms with Gasteiger partial charge in [0.05, 0.1) is 7.82 Å². The average Bonchev–Trinajstić information content (AvgIpc) is 1.60. The number of hydrogen-bond donors (Lipinski definition) is 1. The van der Waals surface area contributed by atoms with Gasteiger partial charge in [-0.15, -0.1) is 0 Å². The molecule has 0 rings (SSSR count). The molecular formula is HNa3O8P2. The summed E-state index contributed by atoms with van der Waals surface area (Å²) in [7, 11) is -11.0. The van der Waals surface area contributed by atoms with Crippen LogP contribution in [0.15, 0.2) is 0 Å². The molecule has 0 fully saturated rings. The van der Waals surface area contributed by atoms with Crippen molar-refractivity contribution in [1.82, 2.24) is 0 Å². The Bertz CT molecular complexity index is 196. The van der Waals surface area contributed by atoms with Gasteiger partial charge in [-0.2, -0.15) is 4.67 Å². The van der Waals surface area contributed by atoms with Crippen molar-refractivity contribution in [2.75, 3.05) is 0 Å². The molecule has 0 saturated heterocycles. The largest absolute Gasteiger partial charge is 1.00 e. The van der Waals surface area contributed by atoms with E-state index >= 15 is 0 Å². The second kappa shape index (κ2) is 10.4. The predicted molar refractivity (Wildman–Crippen MR) is 20.0 cm³/mol. The molecule has 0 aliphatic carbocycles. The maximum atomic E-state index is 9.78. The number of phosphoric acid groups is 2. The molecule has 0 aliphatic rings. The normalized spacial score (nSPS) is 14.2. The van der Waals surface area contributed by atoms with Crippen molar-refractivity contribution in [1.29, 1.82) is 0 Å². The van der Waals surface area contributed by atoms with Crippen LogP contribution in [0.5, 0.6) is 0 Å². The van der Waals surface area contributed by atoms with E-state index in [-0.39, 0.29) is 88.7 Å². The molecule has 8 nitrogen and oxygen atoms in total. The van der Waals surface area contributed by atoms with Gasteiger partial charge in [-0.05, 0) is 0 Å². The Morgan fingerprint density at radius 2 is 1.31 bits per heavy atom. The van der Waals surface area contributed by atoms with Crippen LogP contribution in [-0.4, -0.2) is 5.26 Å². The van der Waals surface area contributed by atoms with Gasteiger partial charge in [0, 0.05) is 0 Å². The Hall–Kier alpha value is 3.22. The standard InChI is InChI=1S/3Na.H4O8P2/c;;;1-7-10(5,6)8-9(2,3)4/h;;;1H,(H,5,6)(H2,2,3,4)/q3*+1;/p-3. The Morgan fingerprint density at radius 1 is 1.00 bits per heavy atom. The van der Waals surface area contributed by atoms with E-state index in [9.17, 15) is 23.8 Å². The Morgan fingerprint density at radius 3 is 1.38 bits per heavy atom. The summed E-state index contributed by atoms with van der Waals surface area (Å²) in [6.07, 6.45) is 0. The van der Waals surface area contributed by atoms with E-state index in [2.05, 4.69) is 8.99 Å². The van der Waals surface area contributed by atoms with Crippen molar-refractivity contribution in [2.45, 2.75) is 0 Å². The summed E-state index contributed by atoms with van der Waals surface area (Å²) < 4.78 is 24.5. The smallest absolute Gasteiger partial charge is 0.790 e. The van der Waals surface area contributed by atoms with Gasteiger partial charge >= 0.3 is 96.5 Å². The summed E-state index contributed by atoms with van der Waals surface area (Å²) in [5, 5.41) is 7.36. The fourth-order valence-electron chi connectivity index (χ4n) is 0.137. The fraction of sp³-hybridized carbons (Fsp3) is 0. The second-order valence-corrected chi connectivity index (χ2v) is 3.66. The third-order valence-corrected chi connectivity index (χ3v) is 2.10. The summed E-state index contributed by atoms with van der Waals surface area (Å²) in [6.45, 7) is 0. The van der Waals surface area contributed by atoms with E-state index in [1.165, 1.54) is 0 Å². The predicted octanol–water partition coefficient (Wildman–Crippen LogP) is -11.2. The van der Waals surface area contributed by atoms with E-state index in [0.29, 0.717) is 0 Å². The first-order valence-corrected chi connectivity index (χ1v) is 4.56. The van der Waals surface area contributed by atoms with Crippen molar-refractivity contribution in [3.8, 4) is 0 Å². The minimum absolute atomic E-state index is 0. The molecule has 0 spiro atoms. The van der Waals surface area contributed by atoms with Crippen LogP contribution >= 0.6 is 15.6 Å². The van der Waals surface area contributed by atoms with E-state index in [1.807, 2.05) is 0 Å². The van der Waals surface area contributed by atoms with Gasteiger partial charge < -0.3 is 19.2 Å². The first kappa shape index (κ1) is 25.2. The van der Waals surface area contributed by atoms with Crippen LogP contribution in [0.2, 0.25) is 0 Å². The average molecular weight is 260 g/mol. The molecule has 0 amide bonds. The minimum atomic E-state index is -5.66. The van der Waals surface area contributed by atoms with Crippen molar-refractivity contribution < 1.29 is 127 Å². The quantitative estimate of drug-likeness (QED) is 0.228. The Kier molecular flexibility index (Phi) is 20.1. The number of rotatable bonds is 3. The van der Waals surface area contributed by atoms with Crippen LogP contribution in [0, 0.1) is 0 Å². The van der Waals surface area contributed by atoms with Gasteiger partial charge in [-0.25, -0.2) is 5.26 Å². The zero-order chi connectivity index (χ0) is 8.41. The van der Waals surface area contributed by atoms with E-state index in [0.717, 1.165) is 0 Å². The monoisotopic (exact) mass is 260 g/mol. The van der Waals surface area contributed by atoms with Crippen molar-refractivity contribution in [2.24, 2.45) is 0 Å². The van der Waals surface area contributed by atoms with Crippen LogP contribution in [-0.2, 0) is 18.1 Å². The van der Waals surface area contributed by atoms with Crippen LogP contribution in [0.4, 0.5) is 0 Å². The van der Waals surface area contributed by atoms with Gasteiger partial charge in [0.15, 0.2) is 0 Å². The molecule has 1 unspecified atom stereocenters. The number of hydrogen-bond acceptors (Lipinski definition) is 8. The molecule has 13 heteroatoms. The van der Waals surface area contributed by atoms with Crippen molar-refractivity contribution in [3.05, 3.63) is 0 Å². The molecule has 0 bridgehead atoms. The zero-order valence-electron chi connectivity index (χ0n) is 7.20. The molecule has 0 aliphatic heterocycles. The summed E-state index contributed by atoms with van der Waals surface area (Å²) >= 11 is 0. The molecule has 62 valence electrons. The maximum Gasteiger partial charge on any atom is 1.00 e. The molecule has 0 aromatic rings. The van der Waals surface area contributed by atoms with Crippen LogP contribution in [0.25, 0.3) is 0 Å². The summed E-state index contributed by atoms with van der Waals surface area (Å²) in [4.78, 5) is 28.8. The topological polar surface area (TPSA) is 142 Å². The van der Waals surface area contributed by atoms with Crippen LogP contribution in [0.3, 0.4) is 0 Å². The molecule has 0 saturated carbocycles. The van der Waals surface area contributed by atoms with Gasteiger partial charge in [0.25, 0.3) is 0 Å². The SMILES string of the molecule is O=P([O-])([O-])OP(=O)([O-])OO.[Na+].[Na+].[Na+]. The molecule has 0 aromatic carbocycles. The third-order valence-electron chi connectivity index (χ3n) is 0.300.